The Kier molecular flexibility index (Phi) is 5.08. The highest BCUT2D eigenvalue weighted by Crippen LogP contribution is 2.15. The van der Waals surface area contributed by atoms with Crippen LogP contribution < -0.4 is 11.3 Å². The van der Waals surface area contributed by atoms with Gasteiger partial charge in [0.25, 0.3) is 0 Å². The van der Waals surface area contributed by atoms with E-state index in [0.717, 1.165) is 12.1 Å². The Morgan fingerprint density at radius 1 is 1.20 bits per heavy atom. The lowest BCUT2D eigenvalue weighted by Gasteiger charge is -2.00. The average molecular weight is 242 g/mol. The van der Waals surface area contributed by atoms with Crippen LogP contribution in [-0.2, 0) is 10.4 Å². The van der Waals surface area contributed by atoms with Crippen molar-refractivity contribution in [1.82, 2.24) is 0 Å². The number of para-hydroxylation sites is 1. The van der Waals surface area contributed by atoms with Gasteiger partial charge in [-0.15, -0.1) is 0 Å². The van der Waals surface area contributed by atoms with E-state index in [0.29, 0.717) is 0 Å². The van der Waals surface area contributed by atoms with Crippen molar-refractivity contribution >= 4 is 16.1 Å². The van der Waals surface area contributed by atoms with E-state index >= 15 is 0 Å². The maximum absolute atomic E-state index is 12.5. The number of hydrazine groups is 1. The minimum atomic E-state index is -4.67. The number of halogens is 2. The topological polar surface area (TPSA) is 113 Å². The van der Waals surface area contributed by atoms with Gasteiger partial charge in [0.1, 0.15) is 5.69 Å². The normalized spacial score (nSPS) is 10.2. The summed E-state index contributed by atoms with van der Waals surface area (Å²) < 4.78 is 56.5. The number of benzene rings is 1. The molecule has 86 valence electrons. The first-order valence-corrected chi connectivity index (χ1v) is 4.76. The largest absolute Gasteiger partial charge is 0.394 e. The summed E-state index contributed by atoms with van der Waals surface area (Å²) in [6.45, 7) is 0. The van der Waals surface area contributed by atoms with E-state index < -0.39 is 22.0 Å². The van der Waals surface area contributed by atoms with E-state index in [2.05, 4.69) is 0 Å². The van der Waals surface area contributed by atoms with Crippen molar-refractivity contribution in [2.45, 2.75) is 0 Å². The summed E-state index contributed by atoms with van der Waals surface area (Å²) in [5, 5.41) is 0. The average Bonchev–Trinajstić information content (AvgIpc) is 2.01. The van der Waals surface area contributed by atoms with E-state index in [1.54, 1.807) is 0 Å². The first-order valence-electron chi connectivity index (χ1n) is 3.36. The van der Waals surface area contributed by atoms with Crippen molar-refractivity contribution in [3.63, 3.8) is 0 Å². The van der Waals surface area contributed by atoms with Gasteiger partial charge in [-0.1, -0.05) is 6.07 Å². The number of hydrogen-bond donors (Lipinski definition) is 4. The minimum Gasteiger partial charge on any atom is -0.319 e. The van der Waals surface area contributed by atoms with Gasteiger partial charge in [-0.3, -0.25) is 14.9 Å². The lowest BCUT2D eigenvalue weighted by Crippen LogP contribution is -2.10. The number of nitrogens with two attached hydrogens (primary N) is 1. The Morgan fingerprint density at radius 2 is 1.53 bits per heavy atom. The minimum absolute atomic E-state index is 0.303. The molecule has 0 aromatic heterocycles. The third kappa shape index (κ3) is 6.74. The van der Waals surface area contributed by atoms with Crippen LogP contribution in [0.1, 0.15) is 0 Å². The highest BCUT2D eigenvalue weighted by atomic mass is 32.3. The van der Waals surface area contributed by atoms with Gasteiger partial charge in [0, 0.05) is 0 Å². The number of nitrogen functional groups attached to an aromatic ring is 1. The predicted octanol–water partition coefficient (Wildman–Crippen LogP) is 0.598. The fourth-order valence-corrected chi connectivity index (χ4v) is 0.636. The first kappa shape index (κ1) is 13.7. The van der Waals surface area contributed by atoms with Crippen LogP contribution in [0.4, 0.5) is 14.5 Å². The van der Waals surface area contributed by atoms with E-state index in [9.17, 15) is 8.78 Å². The molecule has 1 aromatic carbocycles. The smallest absolute Gasteiger partial charge is 0.319 e. The van der Waals surface area contributed by atoms with E-state index in [4.69, 9.17) is 23.4 Å². The van der Waals surface area contributed by atoms with E-state index in [1.807, 2.05) is 5.43 Å². The zero-order chi connectivity index (χ0) is 12.1. The second-order valence-electron chi connectivity index (χ2n) is 2.19. The van der Waals surface area contributed by atoms with Gasteiger partial charge >= 0.3 is 10.4 Å². The number of rotatable bonds is 1. The highest BCUT2D eigenvalue weighted by molar-refractivity contribution is 7.79. The molecule has 0 aliphatic carbocycles. The summed E-state index contributed by atoms with van der Waals surface area (Å²) >= 11 is 0. The molecule has 0 aliphatic rings. The predicted molar refractivity (Wildman–Crippen MR) is 48.3 cm³/mol. The maximum Gasteiger partial charge on any atom is 0.394 e. The van der Waals surface area contributed by atoms with Gasteiger partial charge in [0.2, 0.25) is 0 Å². The SMILES string of the molecule is NNc1c(F)cccc1F.O=S(=O)(O)O. The molecule has 0 saturated carbocycles. The van der Waals surface area contributed by atoms with Gasteiger partial charge < -0.3 is 5.43 Å². The van der Waals surface area contributed by atoms with Crippen LogP contribution in [0.5, 0.6) is 0 Å². The van der Waals surface area contributed by atoms with Crippen LogP contribution in [0.15, 0.2) is 18.2 Å². The zero-order valence-corrected chi connectivity index (χ0v) is 8.00. The summed E-state index contributed by atoms with van der Waals surface area (Å²) in [4.78, 5) is 0. The van der Waals surface area contributed by atoms with Crippen LogP contribution in [0.25, 0.3) is 0 Å². The van der Waals surface area contributed by atoms with Crippen molar-refractivity contribution in [3.05, 3.63) is 29.8 Å². The molecule has 0 heterocycles. The van der Waals surface area contributed by atoms with Gasteiger partial charge in [0.05, 0.1) is 0 Å². The summed E-state index contributed by atoms with van der Waals surface area (Å²) in [7, 11) is -4.67. The Hall–Kier alpha value is -1.29. The molecule has 0 atom stereocenters. The van der Waals surface area contributed by atoms with Crippen LogP contribution in [0.2, 0.25) is 0 Å². The summed E-state index contributed by atoms with van der Waals surface area (Å²) in [6.07, 6.45) is 0. The Morgan fingerprint density at radius 3 is 1.73 bits per heavy atom. The molecular formula is C6H8F2N2O4S. The summed E-state index contributed by atoms with van der Waals surface area (Å²) in [5.74, 6) is 3.44. The number of nitrogens with one attached hydrogen (secondary N) is 1. The summed E-state index contributed by atoms with van der Waals surface area (Å²) in [6, 6.07) is 3.52. The van der Waals surface area contributed by atoms with Crippen molar-refractivity contribution < 1.29 is 26.3 Å². The second-order valence-corrected chi connectivity index (χ2v) is 3.08. The monoisotopic (exact) mass is 242 g/mol. The number of hydrogen-bond acceptors (Lipinski definition) is 4. The third-order valence-corrected chi connectivity index (χ3v) is 1.11. The first-order chi connectivity index (χ1) is 6.75. The lowest BCUT2D eigenvalue weighted by molar-refractivity contribution is 0.381. The fourth-order valence-electron chi connectivity index (χ4n) is 0.636. The molecule has 0 saturated heterocycles. The highest BCUT2D eigenvalue weighted by Gasteiger charge is 2.04. The molecule has 5 N–H and O–H groups in total. The molecule has 1 aromatic rings. The molecule has 15 heavy (non-hydrogen) atoms. The summed E-state index contributed by atoms with van der Waals surface area (Å²) in [5.41, 5.74) is 1.61. The molecule has 0 amide bonds. The Bertz CT molecular complexity index is 395. The Balaban J connectivity index is 0.000000336. The van der Waals surface area contributed by atoms with Crippen molar-refractivity contribution in [3.8, 4) is 0 Å². The quantitative estimate of drug-likeness (QED) is 0.326. The van der Waals surface area contributed by atoms with Crippen molar-refractivity contribution in [1.29, 1.82) is 0 Å². The molecule has 0 unspecified atom stereocenters. The lowest BCUT2D eigenvalue weighted by atomic mass is 10.3. The van der Waals surface area contributed by atoms with Crippen LogP contribution in [-0.4, -0.2) is 17.5 Å². The molecule has 6 nitrogen and oxygen atoms in total. The molecule has 0 fully saturated rings. The molecule has 9 heteroatoms. The van der Waals surface area contributed by atoms with Gasteiger partial charge in [0.15, 0.2) is 11.6 Å². The third-order valence-electron chi connectivity index (χ3n) is 1.11. The van der Waals surface area contributed by atoms with Crippen molar-refractivity contribution in [2.75, 3.05) is 5.43 Å². The Labute approximate surface area is 84.3 Å². The standard InChI is InChI=1S/C6H6F2N2.H2O4S/c7-4-2-1-3-5(8)6(4)10-9;1-5(2,3)4/h1-3,10H,9H2;(H2,1,2,3,4). The van der Waals surface area contributed by atoms with E-state index in [-0.39, 0.29) is 5.69 Å². The number of anilines is 1. The van der Waals surface area contributed by atoms with E-state index in [1.165, 1.54) is 6.07 Å². The maximum atomic E-state index is 12.5. The van der Waals surface area contributed by atoms with Gasteiger partial charge in [-0.25, -0.2) is 8.78 Å². The van der Waals surface area contributed by atoms with Gasteiger partial charge in [-0.05, 0) is 12.1 Å². The van der Waals surface area contributed by atoms with Crippen LogP contribution in [0, 0.1) is 11.6 Å². The molecule has 0 aliphatic heterocycles. The van der Waals surface area contributed by atoms with Gasteiger partial charge in [-0.2, -0.15) is 8.42 Å². The van der Waals surface area contributed by atoms with Crippen LogP contribution in [0.3, 0.4) is 0 Å². The van der Waals surface area contributed by atoms with Crippen molar-refractivity contribution in [2.24, 2.45) is 5.84 Å². The molecule has 0 bridgehead atoms. The second kappa shape index (κ2) is 5.56. The van der Waals surface area contributed by atoms with Crippen LogP contribution >= 0.6 is 0 Å². The molecule has 1 rings (SSSR count). The molecule has 0 radical (unpaired) electrons. The molecular weight excluding hydrogens is 234 g/mol. The zero-order valence-electron chi connectivity index (χ0n) is 7.18. The molecule has 0 spiro atoms. The fraction of sp³-hybridized carbons (Fsp3) is 0.